The van der Waals surface area contributed by atoms with E-state index in [1.807, 2.05) is 0 Å². The second-order valence-electron chi connectivity index (χ2n) is 5.70. The molecule has 8 heteroatoms. The lowest BCUT2D eigenvalue weighted by Crippen LogP contribution is -2.51. The first kappa shape index (κ1) is 20.2. The molecule has 0 saturated heterocycles. The minimum absolute atomic E-state index is 0.332. The van der Waals surface area contributed by atoms with Gasteiger partial charge in [-0.05, 0) is 18.8 Å². The van der Waals surface area contributed by atoms with Crippen LogP contribution in [0.2, 0.25) is 11.6 Å². The second-order valence-corrected chi connectivity index (χ2v) is 12.0. The van der Waals surface area contributed by atoms with E-state index in [1.165, 1.54) is 12.8 Å². The topological polar surface area (TPSA) is 55.4 Å². The number of hydrogen-bond donors (Lipinski definition) is 0. The van der Waals surface area contributed by atoms with Crippen molar-refractivity contribution in [3.8, 4) is 0 Å². The summed E-state index contributed by atoms with van der Waals surface area (Å²) in [7, 11) is 4.94. The SMILES string of the molecule is CO[Si](CC[C@@H]1CCCC[C@@H]1[Si](OC)(OC)OC)(OC)OC. The van der Waals surface area contributed by atoms with Crippen LogP contribution in [-0.4, -0.2) is 60.3 Å². The predicted molar refractivity (Wildman–Crippen MR) is 88.7 cm³/mol. The Balaban J connectivity index is 2.81. The Morgan fingerprint density at radius 1 is 0.727 bits per heavy atom. The van der Waals surface area contributed by atoms with Crippen molar-refractivity contribution in [2.75, 3.05) is 42.7 Å². The lowest BCUT2D eigenvalue weighted by molar-refractivity contribution is 0.0879. The summed E-state index contributed by atoms with van der Waals surface area (Å²) in [5.41, 5.74) is 0.332. The van der Waals surface area contributed by atoms with E-state index in [1.54, 1.807) is 42.7 Å². The largest absolute Gasteiger partial charge is 0.503 e. The molecular formula is C14H32O6Si2. The van der Waals surface area contributed by atoms with Crippen molar-refractivity contribution in [2.24, 2.45) is 5.92 Å². The minimum atomic E-state index is -2.61. The van der Waals surface area contributed by atoms with Crippen LogP contribution in [-0.2, 0) is 26.6 Å². The monoisotopic (exact) mass is 352 g/mol. The first-order valence-corrected chi connectivity index (χ1v) is 11.6. The highest BCUT2D eigenvalue weighted by Crippen LogP contribution is 2.45. The molecule has 0 aromatic heterocycles. The summed E-state index contributed by atoms with van der Waals surface area (Å²) in [5, 5.41) is 0. The molecule has 0 unspecified atom stereocenters. The normalized spacial score (nSPS) is 23.7. The average Bonchev–Trinajstić information content (AvgIpc) is 2.60. The van der Waals surface area contributed by atoms with Crippen LogP contribution in [0.25, 0.3) is 0 Å². The van der Waals surface area contributed by atoms with Gasteiger partial charge in [-0.15, -0.1) is 0 Å². The molecule has 1 aliphatic carbocycles. The third-order valence-electron chi connectivity index (χ3n) is 4.97. The molecule has 0 spiro atoms. The fourth-order valence-electron chi connectivity index (χ4n) is 3.64. The van der Waals surface area contributed by atoms with E-state index in [-0.39, 0.29) is 0 Å². The zero-order valence-corrected chi connectivity index (χ0v) is 16.8. The van der Waals surface area contributed by atoms with Gasteiger partial charge in [-0.2, -0.15) is 0 Å². The van der Waals surface area contributed by atoms with Gasteiger partial charge in [0.1, 0.15) is 0 Å². The molecule has 22 heavy (non-hydrogen) atoms. The van der Waals surface area contributed by atoms with E-state index in [0.29, 0.717) is 11.5 Å². The van der Waals surface area contributed by atoms with Gasteiger partial charge in [-0.25, -0.2) is 0 Å². The molecule has 0 radical (unpaired) electrons. The molecule has 132 valence electrons. The van der Waals surface area contributed by atoms with Crippen LogP contribution in [0.5, 0.6) is 0 Å². The smallest absolute Gasteiger partial charge is 0.377 e. The molecular weight excluding hydrogens is 320 g/mol. The molecule has 0 bridgehead atoms. The molecule has 6 nitrogen and oxygen atoms in total. The molecule has 0 N–H and O–H groups in total. The Kier molecular flexibility index (Phi) is 8.72. The van der Waals surface area contributed by atoms with Crippen molar-refractivity contribution in [3.05, 3.63) is 0 Å². The zero-order chi connectivity index (χ0) is 16.6. The lowest BCUT2D eigenvalue weighted by atomic mass is 9.87. The highest BCUT2D eigenvalue weighted by atomic mass is 28.4. The summed E-state index contributed by atoms with van der Waals surface area (Å²) in [6.45, 7) is 0. The highest BCUT2D eigenvalue weighted by Gasteiger charge is 2.52. The van der Waals surface area contributed by atoms with Crippen LogP contribution in [0.1, 0.15) is 32.1 Å². The number of hydrogen-bond acceptors (Lipinski definition) is 6. The van der Waals surface area contributed by atoms with E-state index >= 15 is 0 Å². The van der Waals surface area contributed by atoms with Crippen LogP contribution in [0.15, 0.2) is 0 Å². The average molecular weight is 353 g/mol. The highest BCUT2D eigenvalue weighted by molar-refractivity contribution is 6.62. The van der Waals surface area contributed by atoms with E-state index in [4.69, 9.17) is 26.6 Å². The van der Waals surface area contributed by atoms with Crippen molar-refractivity contribution in [3.63, 3.8) is 0 Å². The van der Waals surface area contributed by atoms with Crippen LogP contribution in [0.4, 0.5) is 0 Å². The van der Waals surface area contributed by atoms with Crippen LogP contribution in [0.3, 0.4) is 0 Å². The molecule has 0 aliphatic heterocycles. The zero-order valence-electron chi connectivity index (χ0n) is 14.8. The van der Waals surface area contributed by atoms with Gasteiger partial charge in [0.05, 0.1) is 0 Å². The first-order valence-electron chi connectivity index (χ1n) is 7.87. The summed E-state index contributed by atoms with van der Waals surface area (Å²) >= 11 is 0. The second kappa shape index (κ2) is 9.48. The number of rotatable bonds is 10. The van der Waals surface area contributed by atoms with Crippen molar-refractivity contribution >= 4 is 17.6 Å². The van der Waals surface area contributed by atoms with Gasteiger partial charge in [0, 0.05) is 54.2 Å². The van der Waals surface area contributed by atoms with Gasteiger partial charge >= 0.3 is 17.6 Å². The quantitative estimate of drug-likeness (QED) is 0.564. The Morgan fingerprint density at radius 2 is 1.23 bits per heavy atom. The maximum absolute atomic E-state index is 5.73. The van der Waals surface area contributed by atoms with Crippen molar-refractivity contribution in [1.82, 2.24) is 0 Å². The standard InChI is InChI=1S/C14H32O6Si2/c1-15-21(16-2,17-3)12-11-13-9-7-8-10-14(13)22(18-4,19-5)20-6/h13-14H,7-12H2,1-6H3/t13-,14-/m0/s1. The molecule has 0 amide bonds. The van der Waals surface area contributed by atoms with Gasteiger partial charge in [0.15, 0.2) is 0 Å². The van der Waals surface area contributed by atoms with Gasteiger partial charge in [0.25, 0.3) is 0 Å². The van der Waals surface area contributed by atoms with Gasteiger partial charge < -0.3 is 26.6 Å². The van der Waals surface area contributed by atoms with Gasteiger partial charge in [0.2, 0.25) is 0 Å². The summed E-state index contributed by atoms with van der Waals surface area (Å²) in [6.07, 6.45) is 5.68. The molecule has 1 fully saturated rings. The molecule has 0 aromatic rings. The summed E-state index contributed by atoms with van der Waals surface area (Å²) < 4.78 is 33.8. The minimum Gasteiger partial charge on any atom is -0.377 e. The Bertz CT molecular complexity index is 293. The van der Waals surface area contributed by atoms with Crippen LogP contribution in [0, 0.1) is 5.92 Å². The van der Waals surface area contributed by atoms with Gasteiger partial charge in [-0.3, -0.25) is 0 Å². The van der Waals surface area contributed by atoms with E-state index in [2.05, 4.69) is 0 Å². The molecule has 0 aromatic carbocycles. The fourth-order valence-corrected chi connectivity index (χ4v) is 8.35. The van der Waals surface area contributed by atoms with Crippen molar-refractivity contribution in [2.45, 2.75) is 43.7 Å². The molecule has 1 rings (SSSR count). The van der Waals surface area contributed by atoms with E-state index in [9.17, 15) is 0 Å². The Labute approximate surface area is 137 Å². The maximum atomic E-state index is 5.73. The van der Waals surface area contributed by atoms with Gasteiger partial charge in [-0.1, -0.05) is 19.3 Å². The van der Waals surface area contributed by atoms with E-state index in [0.717, 1.165) is 25.3 Å². The Hall–Kier alpha value is 0.194. The molecule has 0 heterocycles. The Morgan fingerprint density at radius 3 is 1.68 bits per heavy atom. The lowest BCUT2D eigenvalue weighted by Gasteiger charge is -2.40. The molecule has 1 aliphatic rings. The first-order chi connectivity index (χ1) is 10.6. The van der Waals surface area contributed by atoms with Crippen molar-refractivity contribution in [1.29, 1.82) is 0 Å². The molecule has 1 saturated carbocycles. The van der Waals surface area contributed by atoms with Crippen LogP contribution >= 0.6 is 0 Å². The molecule has 2 atom stereocenters. The third kappa shape index (κ3) is 4.38. The summed E-state index contributed by atoms with van der Waals surface area (Å²) in [4.78, 5) is 0. The fraction of sp³-hybridized carbons (Fsp3) is 1.00. The van der Waals surface area contributed by atoms with Crippen molar-refractivity contribution < 1.29 is 26.6 Å². The maximum Gasteiger partial charge on any atom is 0.503 e. The summed E-state index contributed by atoms with van der Waals surface area (Å²) in [5.74, 6) is 0.493. The summed E-state index contributed by atoms with van der Waals surface area (Å²) in [6, 6.07) is 0.805. The third-order valence-corrected chi connectivity index (χ3v) is 11.1. The van der Waals surface area contributed by atoms with E-state index < -0.39 is 17.6 Å². The predicted octanol–water partition coefficient (Wildman–Crippen LogP) is 2.69. The van der Waals surface area contributed by atoms with Crippen LogP contribution < -0.4 is 0 Å².